The van der Waals surface area contributed by atoms with Crippen LogP contribution >= 0.6 is 11.8 Å². The molecule has 0 aromatic rings. The number of nitrogens with zero attached hydrogens (tertiary/aromatic N) is 2. The first kappa shape index (κ1) is 17.6. The zero-order valence-corrected chi connectivity index (χ0v) is 14.7. The molecule has 2 aliphatic heterocycles. The van der Waals surface area contributed by atoms with Gasteiger partial charge in [-0.25, -0.2) is 0 Å². The fraction of sp³-hybridized carbons (Fsp3) is 0.882. The summed E-state index contributed by atoms with van der Waals surface area (Å²) in [5.41, 5.74) is 0. The highest BCUT2D eigenvalue weighted by molar-refractivity contribution is 7.99. The number of likely N-dealkylation sites (tertiary alicyclic amines) is 1. The summed E-state index contributed by atoms with van der Waals surface area (Å²) >= 11 is 1.71. The third-order valence-corrected chi connectivity index (χ3v) is 5.66. The van der Waals surface area contributed by atoms with Crippen LogP contribution in [0.15, 0.2) is 0 Å². The normalized spacial score (nSPS) is 21.6. The second kappa shape index (κ2) is 9.43. The van der Waals surface area contributed by atoms with E-state index in [0.717, 1.165) is 44.5 Å². The maximum Gasteiger partial charge on any atom is 0.246 e. The summed E-state index contributed by atoms with van der Waals surface area (Å²) in [6.45, 7) is 3.96. The topological polar surface area (TPSA) is 40.6 Å². The van der Waals surface area contributed by atoms with Gasteiger partial charge in [-0.3, -0.25) is 9.59 Å². The van der Waals surface area contributed by atoms with Gasteiger partial charge in [-0.2, -0.15) is 0 Å². The average molecular weight is 327 g/mol. The molecule has 126 valence electrons. The molecule has 0 N–H and O–H groups in total. The number of rotatable bonds is 8. The van der Waals surface area contributed by atoms with Crippen LogP contribution in [0.25, 0.3) is 0 Å². The van der Waals surface area contributed by atoms with Crippen molar-refractivity contribution in [1.82, 2.24) is 9.80 Å². The summed E-state index contributed by atoms with van der Waals surface area (Å²) in [6, 6.07) is -0.198. The molecule has 22 heavy (non-hydrogen) atoms. The van der Waals surface area contributed by atoms with E-state index in [4.69, 9.17) is 0 Å². The van der Waals surface area contributed by atoms with Gasteiger partial charge < -0.3 is 9.80 Å². The molecule has 4 nitrogen and oxygen atoms in total. The third kappa shape index (κ3) is 4.90. The molecule has 2 amide bonds. The van der Waals surface area contributed by atoms with Crippen LogP contribution in [0.2, 0.25) is 0 Å². The van der Waals surface area contributed by atoms with Crippen molar-refractivity contribution in [1.29, 1.82) is 0 Å². The Hall–Kier alpha value is -0.710. The quantitative estimate of drug-likeness (QED) is 0.643. The minimum absolute atomic E-state index is 0.179. The molecule has 5 heteroatoms. The van der Waals surface area contributed by atoms with Gasteiger partial charge in [0.2, 0.25) is 11.8 Å². The molecule has 0 saturated carbocycles. The number of unbranched alkanes of at least 4 members (excludes halogenated alkanes) is 5. The first-order valence-electron chi connectivity index (χ1n) is 8.90. The minimum Gasteiger partial charge on any atom is -0.341 e. The van der Waals surface area contributed by atoms with Gasteiger partial charge in [-0.05, 0) is 19.3 Å². The SMILES string of the molecule is CCCCCCCCC(=O)N1CSC[C@H]1C(=O)N1CCCC1. The van der Waals surface area contributed by atoms with Crippen molar-refractivity contribution in [2.45, 2.75) is 70.8 Å². The predicted octanol–water partition coefficient (Wildman–Crippen LogP) is 3.26. The Morgan fingerprint density at radius 2 is 1.73 bits per heavy atom. The lowest BCUT2D eigenvalue weighted by Crippen LogP contribution is -2.48. The summed E-state index contributed by atoms with van der Waals surface area (Å²) < 4.78 is 0. The van der Waals surface area contributed by atoms with E-state index in [0.29, 0.717) is 12.3 Å². The highest BCUT2D eigenvalue weighted by Gasteiger charge is 2.37. The van der Waals surface area contributed by atoms with Gasteiger partial charge in [0.05, 0.1) is 5.88 Å². The molecule has 0 aliphatic carbocycles. The van der Waals surface area contributed by atoms with E-state index in [1.165, 1.54) is 25.7 Å². The smallest absolute Gasteiger partial charge is 0.246 e. The first-order chi connectivity index (χ1) is 10.7. The zero-order chi connectivity index (χ0) is 15.8. The standard InChI is InChI=1S/C17H30N2O2S/c1-2-3-4-5-6-7-10-16(20)19-14-22-13-15(19)17(21)18-11-8-9-12-18/h15H,2-14H2,1H3/t15-/m0/s1. The summed E-state index contributed by atoms with van der Waals surface area (Å²) in [6.07, 6.45) is 9.98. The van der Waals surface area contributed by atoms with E-state index in [9.17, 15) is 9.59 Å². The largest absolute Gasteiger partial charge is 0.341 e. The maximum absolute atomic E-state index is 12.5. The van der Waals surface area contributed by atoms with Gasteiger partial charge in [0.15, 0.2) is 0 Å². The van der Waals surface area contributed by atoms with Crippen LogP contribution in [-0.2, 0) is 9.59 Å². The van der Waals surface area contributed by atoms with Gasteiger partial charge in [-0.1, -0.05) is 39.0 Å². The minimum atomic E-state index is -0.198. The van der Waals surface area contributed by atoms with Crippen LogP contribution < -0.4 is 0 Å². The molecule has 2 rings (SSSR count). The Morgan fingerprint density at radius 1 is 1.05 bits per heavy atom. The average Bonchev–Trinajstić information content (AvgIpc) is 3.21. The Labute approximate surface area is 139 Å². The number of hydrogen-bond donors (Lipinski definition) is 0. The van der Waals surface area contributed by atoms with Crippen LogP contribution in [0.3, 0.4) is 0 Å². The summed E-state index contributed by atoms with van der Waals surface area (Å²) in [7, 11) is 0. The van der Waals surface area contributed by atoms with E-state index in [1.54, 1.807) is 11.8 Å². The van der Waals surface area contributed by atoms with Crippen LogP contribution in [0.5, 0.6) is 0 Å². The highest BCUT2D eigenvalue weighted by atomic mass is 32.2. The lowest BCUT2D eigenvalue weighted by molar-refractivity contribution is -0.142. The summed E-state index contributed by atoms with van der Waals surface area (Å²) in [5, 5.41) is 0. The van der Waals surface area contributed by atoms with E-state index in [2.05, 4.69) is 6.92 Å². The van der Waals surface area contributed by atoms with Gasteiger partial charge in [0.1, 0.15) is 6.04 Å². The fourth-order valence-corrected chi connectivity index (χ4v) is 4.41. The number of thioether (sulfide) groups is 1. The molecule has 0 aromatic carbocycles. The lowest BCUT2D eigenvalue weighted by Gasteiger charge is -2.27. The van der Waals surface area contributed by atoms with Crippen molar-refractivity contribution in [2.24, 2.45) is 0 Å². The second-order valence-corrected chi connectivity index (χ2v) is 7.43. The molecule has 2 aliphatic rings. The van der Waals surface area contributed by atoms with Crippen LogP contribution in [0, 0.1) is 0 Å². The second-order valence-electron chi connectivity index (χ2n) is 6.43. The van der Waals surface area contributed by atoms with Crippen molar-refractivity contribution in [3.63, 3.8) is 0 Å². The molecule has 2 heterocycles. The number of carbonyl (C=O) groups excluding carboxylic acids is 2. The molecule has 0 spiro atoms. The van der Waals surface area contributed by atoms with Gasteiger partial charge >= 0.3 is 0 Å². The van der Waals surface area contributed by atoms with Crippen molar-refractivity contribution < 1.29 is 9.59 Å². The number of hydrogen-bond acceptors (Lipinski definition) is 3. The number of amides is 2. The first-order valence-corrected chi connectivity index (χ1v) is 10.1. The molecule has 0 unspecified atom stereocenters. The monoisotopic (exact) mass is 326 g/mol. The van der Waals surface area contributed by atoms with Crippen LogP contribution in [0.1, 0.15) is 64.7 Å². The molecule has 0 bridgehead atoms. The molecular weight excluding hydrogens is 296 g/mol. The molecule has 0 aromatic heterocycles. The number of carbonyl (C=O) groups is 2. The van der Waals surface area contributed by atoms with Gasteiger partial charge in [0, 0.05) is 25.3 Å². The predicted molar refractivity (Wildman–Crippen MR) is 91.8 cm³/mol. The van der Waals surface area contributed by atoms with E-state index < -0.39 is 0 Å². The molecule has 2 fully saturated rings. The molecule has 0 radical (unpaired) electrons. The Balaban J connectivity index is 1.72. The van der Waals surface area contributed by atoms with Gasteiger partial charge in [0.25, 0.3) is 0 Å². The Bertz CT molecular complexity index is 370. The van der Waals surface area contributed by atoms with Crippen molar-refractivity contribution >= 4 is 23.6 Å². The third-order valence-electron chi connectivity index (χ3n) is 4.65. The maximum atomic E-state index is 12.5. The summed E-state index contributed by atoms with van der Waals surface area (Å²) in [5.74, 6) is 1.83. The summed E-state index contributed by atoms with van der Waals surface area (Å²) in [4.78, 5) is 28.7. The van der Waals surface area contributed by atoms with Crippen LogP contribution in [0.4, 0.5) is 0 Å². The molecule has 1 atom stereocenters. The van der Waals surface area contributed by atoms with E-state index in [-0.39, 0.29) is 17.9 Å². The van der Waals surface area contributed by atoms with E-state index >= 15 is 0 Å². The Morgan fingerprint density at radius 3 is 2.45 bits per heavy atom. The zero-order valence-electron chi connectivity index (χ0n) is 13.9. The highest BCUT2D eigenvalue weighted by Crippen LogP contribution is 2.25. The van der Waals surface area contributed by atoms with E-state index in [1.807, 2.05) is 9.80 Å². The van der Waals surface area contributed by atoms with Crippen molar-refractivity contribution in [3.05, 3.63) is 0 Å². The van der Waals surface area contributed by atoms with Crippen molar-refractivity contribution in [3.8, 4) is 0 Å². The molecule has 2 saturated heterocycles. The van der Waals surface area contributed by atoms with Crippen LogP contribution in [-0.4, -0.2) is 52.4 Å². The van der Waals surface area contributed by atoms with Crippen molar-refractivity contribution in [2.75, 3.05) is 24.7 Å². The molecular formula is C17H30N2O2S. The van der Waals surface area contributed by atoms with Gasteiger partial charge in [-0.15, -0.1) is 11.8 Å². The lowest BCUT2D eigenvalue weighted by atomic mass is 10.1. The Kier molecular flexibility index (Phi) is 7.56. The fourth-order valence-electron chi connectivity index (χ4n) is 3.24.